The van der Waals surface area contributed by atoms with E-state index in [0.717, 1.165) is 61.1 Å². The van der Waals surface area contributed by atoms with Crippen LogP contribution in [-0.2, 0) is 0 Å². The molecule has 0 aliphatic carbocycles. The highest BCUT2D eigenvalue weighted by Crippen LogP contribution is 2.43. The van der Waals surface area contributed by atoms with Gasteiger partial charge in [-0.1, -0.05) is 84.9 Å². The Morgan fingerprint density at radius 2 is 1.08 bits per heavy atom. The van der Waals surface area contributed by atoms with Gasteiger partial charge in [0.1, 0.15) is 0 Å². The summed E-state index contributed by atoms with van der Waals surface area (Å²) in [5.74, 6) is -3.98. The van der Waals surface area contributed by atoms with Crippen molar-refractivity contribution >= 4 is 49.4 Å². The van der Waals surface area contributed by atoms with E-state index < -0.39 is 17.5 Å². The fourth-order valence-corrected chi connectivity index (χ4v) is 7.03. The number of anilines is 3. The number of benzene rings is 7. The Morgan fingerprint density at radius 3 is 1.76 bits per heavy atom. The maximum absolute atomic E-state index is 15.2. The van der Waals surface area contributed by atoms with Crippen LogP contribution >= 0.6 is 0 Å². The maximum Gasteiger partial charge on any atom is 0.196 e. The summed E-state index contributed by atoms with van der Waals surface area (Å²) in [5.41, 5.74) is 7.23. The van der Waals surface area contributed by atoms with Gasteiger partial charge in [-0.05, 0) is 104 Å². The van der Waals surface area contributed by atoms with Gasteiger partial charge in [-0.3, -0.25) is 9.97 Å². The van der Waals surface area contributed by atoms with Crippen molar-refractivity contribution in [1.82, 2.24) is 9.97 Å². The number of nitrogens with zero attached hydrogens (tertiary/aromatic N) is 3. The SMILES string of the molecule is Fc1ccc(N(c2ccccc2)c2ccc(-c3ccc4ccc5c(-c6ccc(-c7ccncc7)cn6)ccc6ccc3c4c65)cc2)c(F)c1F. The predicted molar refractivity (Wildman–Crippen MR) is 197 cm³/mol. The van der Waals surface area contributed by atoms with Gasteiger partial charge in [0.05, 0.1) is 11.4 Å². The lowest BCUT2D eigenvalue weighted by atomic mass is 9.88. The Morgan fingerprint density at radius 1 is 0.460 bits per heavy atom. The zero-order valence-electron chi connectivity index (χ0n) is 26.5. The molecule has 2 heterocycles. The molecule has 50 heavy (non-hydrogen) atoms. The zero-order chi connectivity index (χ0) is 33.8. The van der Waals surface area contributed by atoms with Crippen LogP contribution in [0.4, 0.5) is 30.2 Å². The molecule has 0 spiro atoms. The van der Waals surface area contributed by atoms with Crippen LogP contribution in [0, 0.1) is 17.5 Å². The summed E-state index contributed by atoms with van der Waals surface area (Å²) in [6.45, 7) is 0. The highest BCUT2D eigenvalue weighted by molar-refractivity contribution is 6.27. The fourth-order valence-electron chi connectivity index (χ4n) is 7.03. The van der Waals surface area contributed by atoms with Crippen LogP contribution in [0.25, 0.3) is 65.8 Å². The summed E-state index contributed by atoms with van der Waals surface area (Å²) in [6, 6.07) is 44.4. The molecule has 0 aliphatic rings. The van der Waals surface area contributed by atoms with Crippen molar-refractivity contribution in [3.8, 4) is 33.5 Å². The van der Waals surface area contributed by atoms with E-state index in [1.54, 1.807) is 29.4 Å². The highest BCUT2D eigenvalue weighted by atomic mass is 19.2. The second-order valence-corrected chi connectivity index (χ2v) is 12.2. The summed E-state index contributed by atoms with van der Waals surface area (Å²) < 4.78 is 43.5. The Hall–Kier alpha value is -6.53. The lowest BCUT2D eigenvalue weighted by Gasteiger charge is -2.26. The third-order valence-electron chi connectivity index (χ3n) is 9.42. The maximum atomic E-state index is 15.2. The predicted octanol–water partition coefficient (Wildman–Crippen LogP) is 12.3. The standard InChI is InChI=1S/C44H26F3N3/c45-38-19-21-40(44(47)43(38)46)50(32-4-2-1-3-5-32)33-13-6-28(7-14-33)34-15-8-29-11-18-37-35(16-9-30-10-17-36(34)41(29)42(30)37)39-20-12-31(26-49-39)27-22-24-48-25-23-27/h1-26H. The van der Waals surface area contributed by atoms with E-state index in [4.69, 9.17) is 4.98 Å². The Balaban J connectivity index is 1.15. The summed E-state index contributed by atoms with van der Waals surface area (Å²) in [4.78, 5) is 10.6. The second-order valence-electron chi connectivity index (χ2n) is 12.2. The minimum absolute atomic E-state index is 0.0807. The van der Waals surface area contributed by atoms with Crippen molar-refractivity contribution in [2.75, 3.05) is 4.90 Å². The topological polar surface area (TPSA) is 29.0 Å². The average molecular weight is 654 g/mol. The Bertz CT molecular complexity index is 2660. The van der Waals surface area contributed by atoms with Crippen molar-refractivity contribution in [2.45, 2.75) is 0 Å². The van der Waals surface area contributed by atoms with Crippen LogP contribution in [0.3, 0.4) is 0 Å². The minimum atomic E-state index is -1.50. The average Bonchev–Trinajstić information content (AvgIpc) is 3.18. The van der Waals surface area contributed by atoms with Crippen molar-refractivity contribution in [1.29, 1.82) is 0 Å². The number of rotatable bonds is 6. The number of aromatic nitrogens is 2. The molecule has 3 nitrogen and oxygen atoms in total. The molecule has 0 amide bonds. The first-order valence-corrected chi connectivity index (χ1v) is 16.2. The summed E-state index contributed by atoms with van der Waals surface area (Å²) in [6.07, 6.45) is 5.47. The Kier molecular flexibility index (Phi) is 7.02. The number of para-hydroxylation sites is 1. The van der Waals surface area contributed by atoms with Crippen LogP contribution in [0.1, 0.15) is 0 Å². The van der Waals surface area contributed by atoms with Gasteiger partial charge in [-0.2, -0.15) is 0 Å². The summed E-state index contributed by atoms with van der Waals surface area (Å²) in [7, 11) is 0. The molecule has 0 fully saturated rings. The van der Waals surface area contributed by atoms with Gasteiger partial charge < -0.3 is 4.90 Å². The molecule has 0 aliphatic heterocycles. The number of hydrogen-bond donors (Lipinski definition) is 0. The molecule has 0 N–H and O–H groups in total. The van der Waals surface area contributed by atoms with Crippen LogP contribution < -0.4 is 4.90 Å². The molecule has 0 unspecified atom stereocenters. The molecule has 238 valence electrons. The van der Waals surface area contributed by atoms with Crippen LogP contribution in [-0.4, -0.2) is 9.97 Å². The van der Waals surface area contributed by atoms with E-state index in [1.807, 2.05) is 60.8 Å². The van der Waals surface area contributed by atoms with E-state index in [1.165, 1.54) is 16.8 Å². The van der Waals surface area contributed by atoms with Crippen LogP contribution in [0.2, 0.25) is 0 Å². The molecule has 0 atom stereocenters. The van der Waals surface area contributed by atoms with Gasteiger partial charge in [-0.25, -0.2) is 13.2 Å². The molecule has 9 aromatic rings. The molecule has 0 bridgehead atoms. The molecule has 0 saturated carbocycles. The van der Waals surface area contributed by atoms with E-state index in [9.17, 15) is 8.78 Å². The largest absolute Gasteiger partial charge is 0.308 e. The van der Waals surface area contributed by atoms with Crippen LogP contribution in [0.15, 0.2) is 158 Å². The van der Waals surface area contributed by atoms with Gasteiger partial charge >= 0.3 is 0 Å². The smallest absolute Gasteiger partial charge is 0.196 e. The first-order valence-electron chi connectivity index (χ1n) is 16.2. The molecule has 9 rings (SSSR count). The highest BCUT2D eigenvalue weighted by Gasteiger charge is 2.22. The molecule has 0 saturated heterocycles. The summed E-state index contributed by atoms with van der Waals surface area (Å²) >= 11 is 0. The van der Waals surface area contributed by atoms with Crippen LogP contribution in [0.5, 0.6) is 0 Å². The number of pyridine rings is 2. The molecule has 0 radical (unpaired) electrons. The Labute approximate surface area is 285 Å². The minimum Gasteiger partial charge on any atom is -0.308 e. The lowest BCUT2D eigenvalue weighted by Crippen LogP contribution is -2.13. The van der Waals surface area contributed by atoms with E-state index in [-0.39, 0.29) is 5.69 Å². The quantitative estimate of drug-likeness (QED) is 0.132. The molecule has 2 aromatic heterocycles. The van der Waals surface area contributed by atoms with E-state index in [0.29, 0.717) is 11.4 Å². The lowest BCUT2D eigenvalue weighted by molar-refractivity contribution is 0.448. The van der Waals surface area contributed by atoms with Crippen molar-refractivity contribution in [2.24, 2.45) is 0 Å². The van der Waals surface area contributed by atoms with Gasteiger partial charge in [0.25, 0.3) is 0 Å². The molecular weight excluding hydrogens is 627 g/mol. The second kappa shape index (κ2) is 11.9. The van der Waals surface area contributed by atoms with E-state index >= 15 is 4.39 Å². The van der Waals surface area contributed by atoms with E-state index in [2.05, 4.69) is 65.6 Å². The molecular formula is C44H26F3N3. The first kappa shape index (κ1) is 29.6. The summed E-state index contributed by atoms with van der Waals surface area (Å²) in [5, 5.41) is 6.88. The van der Waals surface area contributed by atoms with Gasteiger partial charge in [0.15, 0.2) is 17.5 Å². The third kappa shape index (κ3) is 4.84. The van der Waals surface area contributed by atoms with Crippen molar-refractivity contribution in [3.63, 3.8) is 0 Å². The van der Waals surface area contributed by atoms with Crippen molar-refractivity contribution < 1.29 is 13.2 Å². The third-order valence-corrected chi connectivity index (χ3v) is 9.42. The first-order chi connectivity index (χ1) is 24.5. The van der Waals surface area contributed by atoms with Gasteiger partial charge in [0, 0.05) is 41.1 Å². The molecule has 7 aromatic carbocycles. The number of hydrogen-bond acceptors (Lipinski definition) is 3. The normalized spacial score (nSPS) is 11.5. The van der Waals surface area contributed by atoms with Gasteiger partial charge in [0.2, 0.25) is 0 Å². The van der Waals surface area contributed by atoms with Crippen molar-refractivity contribution in [3.05, 3.63) is 176 Å². The fraction of sp³-hybridized carbons (Fsp3) is 0. The number of halogens is 3. The monoisotopic (exact) mass is 653 g/mol. The molecule has 6 heteroatoms. The van der Waals surface area contributed by atoms with Gasteiger partial charge in [-0.15, -0.1) is 0 Å². The zero-order valence-corrected chi connectivity index (χ0v) is 26.5.